The van der Waals surface area contributed by atoms with Gasteiger partial charge in [-0.15, -0.1) is 23.2 Å². The largest absolute Gasteiger partial charge is 0.467 e. The Hall–Kier alpha value is -2.19. The van der Waals surface area contributed by atoms with Crippen LogP contribution in [0.3, 0.4) is 0 Å². The summed E-state index contributed by atoms with van der Waals surface area (Å²) in [6.45, 7) is 6.66. The Kier molecular flexibility index (Phi) is 9.46. The number of methoxy groups -OCH3 is 1. The normalized spacial score (nSPS) is 12.5. The summed E-state index contributed by atoms with van der Waals surface area (Å²) in [7, 11) is 3.21. The van der Waals surface area contributed by atoms with E-state index in [9.17, 15) is 9.59 Å². The highest BCUT2D eigenvalue weighted by molar-refractivity contribution is 6.18. The van der Waals surface area contributed by atoms with Crippen molar-refractivity contribution in [1.29, 1.82) is 0 Å². The highest BCUT2D eigenvalue weighted by atomic mass is 35.5. The number of aromatic nitrogens is 2. The van der Waals surface area contributed by atoms with Crippen molar-refractivity contribution in [3.05, 3.63) is 24.0 Å². The van der Waals surface area contributed by atoms with Gasteiger partial charge >= 0.3 is 12.1 Å². The molecule has 1 heterocycles. The van der Waals surface area contributed by atoms with Crippen molar-refractivity contribution < 1.29 is 19.1 Å². The molecular weight excluding hydrogens is 455 g/mol. The summed E-state index contributed by atoms with van der Waals surface area (Å²) in [5.41, 5.74) is 2.14. The van der Waals surface area contributed by atoms with E-state index >= 15 is 0 Å². The van der Waals surface area contributed by atoms with E-state index < -0.39 is 23.7 Å². The molecule has 0 saturated carbocycles. The maximum atomic E-state index is 12.2. The number of ether oxygens (including phenoxy) is 2. The molecule has 0 fully saturated rings. The second-order valence-corrected chi connectivity index (χ2v) is 9.14. The molecular formula is C22H32Cl2N4O4. The van der Waals surface area contributed by atoms with Crippen molar-refractivity contribution in [1.82, 2.24) is 14.9 Å². The van der Waals surface area contributed by atoms with Crippen LogP contribution in [0, 0.1) is 0 Å². The number of nitrogens with zero attached hydrogens (tertiary/aromatic N) is 3. The number of anilines is 1. The summed E-state index contributed by atoms with van der Waals surface area (Å²) >= 11 is 11.9. The van der Waals surface area contributed by atoms with Crippen molar-refractivity contribution in [3.63, 3.8) is 0 Å². The van der Waals surface area contributed by atoms with E-state index in [1.165, 1.54) is 7.11 Å². The van der Waals surface area contributed by atoms with E-state index in [4.69, 9.17) is 37.7 Å². The minimum absolute atomic E-state index is 0.320. The summed E-state index contributed by atoms with van der Waals surface area (Å²) in [6, 6.07) is 5.20. The zero-order valence-electron chi connectivity index (χ0n) is 19.3. The number of hydrogen-bond donors (Lipinski definition) is 1. The number of esters is 1. The van der Waals surface area contributed by atoms with Gasteiger partial charge in [0.05, 0.1) is 18.1 Å². The lowest BCUT2D eigenvalue weighted by Crippen LogP contribution is -2.44. The molecule has 1 N–H and O–H groups in total. The SMILES string of the molecule is COC(=O)C(CCc1nc2cc(N(CCCl)CCCl)ccc2n1C)NC(=O)OC(C)(C)C. The number of carbonyl (C=O) groups excluding carboxylic acids is 2. The van der Waals surface area contributed by atoms with E-state index in [1.807, 2.05) is 29.8 Å². The van der Waals surface area contributed by atoms with E-state index in [0.29, 0.717) is 37.7 Å². The van der Waals surface area contributed by atoms with Crippen LogP contribution >= 0.6 is 23.2 Å². The Balaban J connectivity index is 2.18. The summed E-state index contributed by atoms with van der Waals surface area (Å²) in [6.07, 6.45) is 0.116. The molecule has 1 amide bonds. The number of carbonyl (C=O) groups is 2. The third-order valence-corrected chi connectivity index (χ3v) is 5.20. The lowest BCUT2D eigenvalue weighted by atomic mass is 10.1. The second kappa shape index (κ2) is 11.6. The lowest BCUT2D eigenvalue weighted by molar-refractivity contribution is -0.143. The number of aryl methyl sites for hydroxylation is 2. The molecule has 10 heteroatoms. The van der Waals surface area contributed by atoms with Gasteiger partial charge in [-0.05, 0) is 45.4 Å². The minimum Gasteiger partial charge on any atom is -0.467 e. The smallest absolute Gasteiger partial charge is 0.408 e. The van der Waals surface area contributed by atoms with E-state index in [2.05, 4.69) is 10.2 Å². The van der Waals surface area contributed by atoms with Crippen LogP contribution in [-0.4, -0.2) is 65.2 Å². The van der Waals surface area contributed by atoms with Crippen LogP contribution in [0.4, 0.5) is 10.5 Å². The van der Waals surface area contributed by atoms with Crippen molar-refractivity contribution >= 4 is 52.0 Å². The van der Waals surface area contributed by atoms with Crippen LogP contribution in [0.2, 0.25) is 0 Å². The van der Waals surface area contributed by atoms with Gasteiger partial charge in [0.2, 0.25) is 0 Å². The maximum Gasteiger partial charge on any atom is 0.408 e. The molecule has 0 aliphatic heterocycles. The third kappa shape index (κ3) is 7.17. The van der Waals surface area contributed by atoms with Crippen LogP contribution in [0.15, 0.2) is 18.2 Å². The molecule has 0 saturated heterocycles. The van der Waals surface area contributed by atoms with Crippen LogP contribution in [0.5, 0.6) is 0 Å². The Morgan fingerprint density at radius 2 is 1.88 bits per heavy atom. The predicted octanol–water partition coefficient (Wildman–Crippen LogP) is 3.86. The number of amides is 1. The van der Waals surface area contributed by atoms with Gasteiger partial charge in [0.15, 0.2) is 0 Å². The van der Waals surface area contributed by atoms with Crippen LogP contribution in [0.25, 0.3) is 11.0 Å². The lowest BCUT2D eigenvalue weighted by Gasteiger charge is -2.22. The first-order valence-electron chi connectivity index (χ1n) is 10.5. The molecule has 178 valence electrons. The average molecular weight is 487 g/mol. The number of halogens is 2. The van der Waals surface area contributed by atoms with Crippen LogP contribution in [0.1, 0.15) is 33.0 Å². The number of alkyl carbamates (subject to hydrolysis) is 1. The van der Waals surface area contributed by atoms with Gasteiger partial charge in [-0.2, -0.15) is 0 Å². The molecule has 8 nitrogen and oxygen atoms in total. The first kappa shape index (κ1) is 26.1. The molecule has 0 radical (unpaired) electrons. The fraction of sp³-hybridized carbons (Fsp3) is 0.591. The Morgan fingerprint density at radius 1 is 1.22 bits per heavy atom. The van der Waals surface area contributed by atoms with Crippen molar-refractivity contribution in [2.75, 3.05) is 36.9 Å². The Labute approximate surface area is 199 Å². The van der Waals surface area contributed by atoms with E-state index in [1.54, 1.807) is 20.8 Å². The number of hydrogen-bond acceptors (Lipinski definition) is 6. The van der Waals surface area contributed by atoms with Gasteiger partial charge in [-0.1, -0.05) is 0 Å². The topological polar surface area (TPSA) is 85.7 Å². The molecule has 1 aromatic carbocycles. The number of benzene rings is 1. The molecule has 0 aliphatic carbocycles. The third-order valence-electron chi connectivity index (χ3n) is 4.86. The number of rotatable bonds is 10. The maximum absolute atomic E-state index is 12.2. The van der Waals surface area contributed by atoms with Crippen molar-refractivity contribution in [2.24, 2.45) is 7.05 Å². The molecule has 0 spiro atoms. The monoisotopic (exact) mass is 486 g/mol. The van der Waals surface area contributed by atoms with Gasteiger partial charge < -0.3 is 24.3 Å². The highest BCUT2D eigenvalue weighted by Crippen LogP contribution is 2.23. The van der Waals surface area contributed by atoms with Gasteiger partial charge in [-0.3, -0.25) is 0 Å². The van der Waals surface area contributed by atoms with Gasteiger partial charge in [0.25, 0.3) is 0 Å². The molecule has 32 heavy (non-hydrogen) atoms. The van der Waals surface area contributed by atoms with E-state index in [-0.39, 0.29) is 0 Å². The van der Waals surface area contributed by atoms with Gasteiger partial charge in [-0.25, -0.2) is 14.6 Å². The zero-order chi connectivity index (χ0) is 23.9. The van der Waals surface area contributed by atoms with Gasteiger partial charge in [0.1, 0.15) is 17.5 Å². The molecule has 1 aromatic heterocycles. The summed E-state index contributed by atoms with van der Waals surface area (Å²) < 4.78 is 12.1. The average Bonchev–Trinajstić information content (AvgIpc) is 3.04. The van der Waals surface area contributed by atoms with E-state index in [0.717, 1.165) is 22.5 Å². The minimum atomic E-state index is -0.840. The zero-order valence-corrected chi connectivity index (χ0v) is 20.8. The summed E-state index contributed by atoms with van der Waals surface area (Å²) in [5.74, 6) is 1.26. The molecule has 1 unspecified atom stereocenters. The number of nitrogens with one attached hydrogen (secondary N) is 1. The predicted molar refractivity (Wildman–Crippen MR) is 128 cm³/mol. The molecule has 0 aliphatic rings. The summed E-state index contributed by atoms with van der Waals surface area (Å²) in [4.78, 5) is 31.2. The Bertz CT molecular complexity index is 921. The number of imidazole rings is 1. The molecule has 2 aromatic rings. The van der Waals surface area contributed by atoms with Gasteiger partial charge in [0, 0.05) is 44.0 Å². The number of alkyl halides is 2. The molecule has 2 rings (SSSR count). The molecule has 0 bridgehead atoms. The fourth-order valence-corrected chi connectivity index (χ4v) is 3.75. The van der Waals surface area contributed by atoms with Crippen molar-refractivity contribution in [3.8, 4) is 0 Å². The van der Waals surface area contributed by atoms with Crippen molar-refractivity contribution in [2.45, 2.75) is 45.3 Å². The quantitative estimate of drug-likeness (QED) is 0.405. The Morgan fingerprint density at radius 3 is 2.44 bits per heavy atom. The fourth-order valence-electron chi connectivity index (χ4n) is 3.35. The van der Waals surface area contributed by atoms with Crippen LogP contribution in [-0.2, 0) is 27.7 Å². The number of fused-ring (bicyclic) bond motifs is 1. The van der Waals surface area contributed by atoms with Crippen LogP contribution < -0.4 is 10.2 Å². The second-order valence-electron chi connectivity index (χ2n) is 8.39. The standard InChI is InChI=1S/C22H32Cl2N4O4/c1-22(2,3)32-21(30)26-16(20(29)31-5)7-9-19-25-17-14-15(6-8-18(17)27(19)4)28(12-10-23)13-11-24/h6,8,14,16H,7,9-13H2,1-5H3,(H,26,30). The highest BCUT2D eigenvalue weighted by Gasteiger charge is 2.25. The first-order chi connectivity index (χ1) is 15.1. The first-order valence-corrected chi connectivity index (χ1v) is 11.6. The summed E-state index contributed by atoms with van der Waals surface area (Å²) in [5, 5.41) is 2.60. The molecule has 1 atom stereocenters.